The van der Waals surface area contributed by atoms with Gasteiger partial charge in [-0.15, -0.1) is 6.42 Å². The minimum absolute atomic E-state index is 0.0899. The molecule has 0 spiro atoms. The van der Waals surface area contributed by atoms with Gasteiger partial charge in [-0.1, -0.05) is 5.92 Å². The minimum Gasteiger partial charge on any atom is -0.358 e. The van der Waals surface area contributed by atoms with Crippen LogP contribution < -0.4 is 0 Å². The normalized spacial score (nSPS) is 21.4. The van der Waals surface area contributed by atoms with Gasteiger partial charge in [-0.2, -0.15) is 10.2 Å². The smallest absolute Gasteiger partial charge is 0.189 e. The van der Waals surface area contributed by atoms with Gasteiger partial charge >= 0.3 is 0 Å². The van der Waals surface area contributed by atoms with E-state index < -0.39 is 0 Å². The van der Waals surface area contributed by atoms with E-state index in [0.29, 0.717) is 6.54 Å². The molecule has 0 aromatic carbocycles. The summed E-state index contributed by atoms with van der Waals surface area (Å²) < 4.78 is 0. The summed E-state index contributed by atoms with van der Waals surface area (Å²) in [6.07, 6.45) is 10.3. The average Bonchev–Trinajstić information content (AvgIpc) is 2.74. The van der Waals surface area contributed by atoms with Crippen LogP contribution in [0.15, 0.2) is 22.6 Å². The average molecular weight is 190 g/mol. The first-order valence-electron chi connectivity index (χ1n) is 4.76. The Kier molecular flexibility index (Phi) is 2.16. The van der Waals surface area contributed by atoms with Crippen molar-refractivity contribution in [3.05, 3.63) is 12.4 Å². The molecule has 0 fully saturated rings. The molecule has 14 heavy (non-hydrogen) atoms. The molecule has 2 aliphatic rings. The van der Waals surface area contributed by atoms with Crippen LogP contribution in [0.5, 0.6) is 0 Å². The van der Waals surface area contributed by atoms with Gasteiger partial charge in [0, 0.05) is 25.4 Å². The highest BCUT2D eigenvalue weighted by Crippen LogP contribution is 2.31. The summed E-state index contributed by atoms with van der Waals surface area (Å²) in [6.45, 7) is 4.60. The first-order chi connectivity index (χ1) is 6.72. The van der Waals surface area contributed by atoms with E-state index >= 15 is 0 Å². The van der Waals surface area contributed by atoms with E-state index in [-0.39, 0.29) is 5.66 Å². The number of rotatable bonds is 4. The summed E-state index contributed by atoms with van der Waals surface area (Å²) in [6, 6.07) is 0. The Bertz CT molecular complexity index is 307. The molecule has 2 rings (SSSR count). The summed E-state index contributed by atoms with van der Waals surface area (Å²) in [4.78, 5) is 4.33. The van der Waals surface area contributed by atoms with Gasteiger partial charge in [0.2, 0.25) is 0 Å². The molecule has 0 unspecified atom stereocenters. The fourth-order valence-electron chi connectivity index (χ4n) is 1.42. The second-order valence-corrected chi connectivity index (χ2v) is 3.87. The topological polar surface area (TPSA) is 31.2 Å². The quantitative estimate of drug-likeness (QED) is 0.624. The largest absolute Gasteiger partial charge is 0.358 e. The Morgan fingerprint density at radius 3 is 2.79 bits per heavy atom. The molecule has 0 bridgehead atoms. The summed E-state index contributed by atoms with van der Waals surface area (Å²) in [5, 5.41) is 7.96. The summed E-state index contributed by atoms with van der Waals surface area (Å²) in [7, 11) is 0. The molecule has 0 saturated heterocycles. The van der Waals surface area contributed by atoms with Gasteiger partial charge in [0.1, 0.15) is 0 Å². The molecule has 4 heteroatoms. The molecule has 2 heterocycles. The zero-order valence-electron chi connectivity index (χ0n) is 8.35. The van der Waals surface area contributed by atoms with Crippen LogP contribution in [0.25, 0.3) is 0 Å². The predicted octanol–water partition coefficient (Wildman–Crippen LogP) is 1.24. The second kappa shape index (κ2) is 3.33. The molecule has 0 aromatic rings. The molecule has 0 aliphatic carbocycles. The third-order valence-electron chi connectivity index (χ3n) is 2.46. The number of hydrogen-bond acceptors (Lipinski definition) is 4. The highest BCUT2D eigenvalue weighted by Gasteiger charge is 2.33. The fourth-order valence-corrected chi connectivity index (χ4v) is 1.42. The molecule has 0 radical (unpaired) electrons. The van der Waals surface area contributed by atoms with Crippen LogP contribution in [0.3, 0.4) is 0 Å². The Morgan fingerprint density at radius 2 is 2.14 bits per heavy atom. The van der Waals surface area contributed by atoms with E-state index in [1.165, 1.54) is 0 Å². The lowest BCUT2D eigenvalue weighted by molar-refractivity contribution is 0.272. The van der Waals surface area contributed by atoms with Gasteiger partial charge in [-0.25, -0.2) is 0 Å². The Labute approximate surface area is 84.3 Å². The van der Waals surface area contributed by atoms with Crippen molar-refractivity contribution < 1.29 is 0 Å². The molecule has 74 valence electrons. The van der Waals surface area contributed by atoms with Crippen molar-refractivity contribution in [1.29, 1.82) is 0 Å². The van der Waals surface area contributed by atoms with Crippen molar-refractivity contribution in [3.63, 3.8) is 0 Å². The molecule has 0 saturated carbocycles. The van der Waals surface area contributed by atoms with E-state index in [0.717, 1.165) is 19.6 Å². The fraction of sp³-hybridized carbons (Fsp3) is 0.600. The maximum absolute atomic E-state index is 5.23. The zero-order valence-corrected chi connectivity index (χ0v) is 8.35. The van der Waals surface area contributed by atoms with Gasteiger partial charge in [0.25, 0.3) is 0 Å². The summed E-state index contributed by atoms with van der Waals surface area (Å²) >= 11 is 0. The summed E-state index contributed by atoms with van der Waals surface area (Å²) in [5.41, 5.74) is -0.0899. The van der Waals surface area contributed by atoms with E-state index in [4.69, 9.17) is 6.42 Å². The van der Waals surface area contributed by atoms with Crippen molar-refractivity contribution in [3.8, 4) is 12.3 Å². The van der Waals surface area contributed by atoms with Crippen molar-refractivity contribution >= 4 is 0 Å². The van der Waals surface area contributed by atoms with Crippen molar-refractivity contribution in [2.45, 2.75) is 19.0 Å². The monoisotopic (exact) mass is 190 g/mol. The molecule has 0 atom stereocenters. The molecule has 0 amide bonds. The van der Waals surface area contributed by atoms with Gasteiger partial charge in [-0.3, -0.25) is 0 Å². The maximum Gasteiger partial charge on any atom is 0.189 e. The van der Waals surface area contributed by atoms with Gasteiger partial charge in [-0.05, 0) is 6.92 Å². The number of terminal acetylenes is 1. The zero-order chi connectivity index (χ0) is 10.0. The number of nitrogens with zero attached hydrogens (tertiary/aromatic N) is 4. The van der Waals surface area contributed by atoms with Crippen LogP contribution in [0.4, 0.5) is 0 Å². The van der Waals surface area contributed by atoms with Crippen LogP contribution in [-0.2, 0) is 0 Å². The van der Waals surface area contributed by atoms with Crippen LogP contribution in [0.2, 0.25) is 0 Å². The lowest BCUT2D eigenvalue weighted by Crippen LogP contribution is -2.28. The lowest BCUT2D eigenvalue weighted by Gasteiger charge is -2.19. The van der Waals surface area contributed by atoms with E-state index in [1.807, 2.05) is 13.1 Å². The minimum atomic E-state index is -0.0899. The Morgan fingerprint density at radius 1 is 1.43 bits per heavy atom. The molecule has 0 N–H and O–H groups in total. The third kappa shape index (κ3) is 2.05. The van der Waals surface area contributed by atoms with Gasteiger partial charge < -0.3 is 9.80 Å². The Hall–Kier alpha value is -1.50. The highest BCUT2D eigenvalue weighted by molar-refractivity contribution is 4.99. The van der Waals surface area contributed by atoms with Gasteiger partial charge in [0.15, 0.2) is 5.66 Å². The van der Waals surface area contributed by atoms with Crippen molar-refractivity contribution in [2.24, 2.45) is 10.2 Å². The molecule has 2 aliphatic heterocycles. The SMILES string of the molecule is C#CCN1C=CN(CCC2(C)N=N2)C1. The van der Waals surface area contributed by atoms with Crippen LogP contribution in [-0.4, -0.2) is 35.2 Å². The maximum atomic E-state index is 5.23. The summed E-state index contributed by atoms with van der Waals surface area (Å²) in [5.74, 6) is 2.63. The first kappa shape index (κ1) is 9.07. The number of hydrogen-bond donors (Lipinski definition) is 0. The van der Waals surface area contributed by atoms with E-state index in [2.05, 4.69) is 32.1 Å². The molecule has 4 nitrogen and oxygen atoms in total. The van der Waals surface area contributed by atoms with Crippen LogP contribution in [0.1, 0.15) is 13.3 Å². The Balaban J connectivity index is 1.69. The van der Waals surface area contributed by atoms with Crippen LogP contribution >= 0.6 is 0 Å². The molecular weight excluding hydrogens is 176 g/mol. The van der Waals surface area contributed by atoms with Crippen molar-refractivity contribution in [1.82, 2.24) is 9.80 Å². The van der Waals surface area contributed by atoms with E-state index in [1.54, 1.807) is 0 Å². The second-order valence-electron chi connectivity index (χ2n) is 3.87. The van der Waals surface area contributed by atoms with Gasteiger partial charge in [0.05, 0.1) is 13.2 Å². The molecular formula is C10H14N4. The third-order valence-corrected chi connectivity index (χ3v) is 2.46. The van der Waals surface area contributed by atoms with Crippen molar-refractivity contribution in [2.75, 3.05) is 19.8 Å². The highest BCUT2D eigenvalue weighted by atomic mass is 15.4. The van der Waals surface area contributed by atoms with E-state index in [9.17, 15) is 0 Å². The predicted molar refractivity (Wildman–Crippen MR) is 54.1 cm³/mol. The van der Waals surface area contributed by atoms with Crippen LogP contribution in [0, 0.1) is 12.3 Å². The standard InChI is InChI=1S/C10H14N4/c1-3-5-13-7-8-14(9-13)6-4-10(2)11-12-10/h1,7-8H,4-6,9H2,2H3. The first-order valence-corrected chi connectivity index (χ1v) is 4.76. The lowest BCUT2D eigenvalue weighted by atomic mass is 10.2. The molecule has 0 aromatic heterocycles.